The Bertz CT molecular complexity index is 1500. The Hall–Kier alpha value is -4.36. The van der Waals surface area contributed by atoms with E-state index in [0.29, 0.717) is 60.1 Å². The standard InChI is InChI=1S/C27H26F4N6O3/c28-21-7-5-18(15-20(21)27(29,30)31)34-26(38)33-17-3-1-16(2-4-17)19-6-8-22(24-23(19)25(32)36-35-24)40-14-11-37-9-12-39-13-10-37/h1-8,15H,9-14H2,(H3,32,35,36)(H2,33,34,38). The number of benzene rings is 3. The van der Waals surface area contributed by atoms with Crippen molar-refractivity contribution >= 4 is 34.1 Å². The van der Waals surface area contributed by atoms with Crippen LogP contribution in [-0.2, 0) is 10.9 Å². The molecule has 4 aromatic rings. The predicted molar refractivity (Wildman–Crippen MR) is 143 cm³/mol. The molecule has 0 unspecified atom stereocenters. The van der Waals surface area contributed by atoms with Gasteiger partial charge in [0, 0.05) is 31.0 Å². The molecule has 0 bridgehead atoms. The fourth-order valence-electron chi connectivity index (χ4n) is 4.45. The van der Waals surface area contributed by atoms with Crippen molar-refractivity contribution in [1.82, 2.24) is 15.1 Å². The van der Waals surface area contributed by atoms with Crippen molar-refractivity contribution in [3.05, 3.63) is 66.0 Å². The molecule has 0 spiro atoms. The highest BCUT2D eigenvalue weighted by atomic mass is 19.4. The number of aromatic nitrogens is 2. The lowest BCUT2D eigenvalue weighted by Crippen LogP contribution is -2.38. The molecule has 40 heavy (non-hydrogen) atoms. The Morgan fingerprint density at radius 1 is 1.05 bits per heavy atom. The van der Waals surface area contributed by atoms with Crippen LogP contribution in [0.25, 0.3) is 22.0 Å². The maximum atomic E-state index is 13.5. The van der Waals surface area contributed by atoms with E-state index in [-0.39, 0.29) is 5.69 Å². The second-order valence-electron chi connectivity index (χ2n) is 9.12. The van der Waals surface area contributed by atoms with E-state index in [2.05, 4.69) is 25.7 Å². The number of hydrogen-bond donors (Lipinski definition) is 4. The lowest BCUT2D eigenvalue weighted by atomic mass is 10.0. The molecule has 0 radical (unpaired) electrons. The quantitative estimate of drug-likeness (QED) is 0.228. The van der Waals surface area contributed by atoms with E-state index in [1.54, 1.807) is 24.3 Å². The van der Waals surface area contributed by atoms with Crippen LogP contribution in [0.2, 0.25) is 0 Å². The van der Waals surface area contributed by atoms with Gasteiger partial charge in [0.1, 0.15) is 23.7 Å². The number of alkyl halides is 3. The molecular formula is C27H26F4N6O3. The minimum atomic E-state index is -4.88. The number of halogens is 4. The highest BCUT2D eigenvalue weighted by Crippen LogP contribution is 2.37. The first-order valence-electron chi connectivity index (χ1n) is 12.4. The molecule has 0 atom stereocenters. The lowest BCUT2D eigenvalue weighted by molar-refractivity contribution is -0.139. The number of amides is 2. The average molecular weight is 559 g/mol. The molecule has 1 saturated heterocycles. The van der Waals surface area contributed by atoms with Crippen molar-refractivity contribution in [2.24, 2.45) is 0 Å². The summed E-state index contributed by atoms with van der Waals surface area (Å²) >= 11 is 0. The van der Waals surface area contributed by atoms with Crippen molar-refractivity contribution in [2.75, 3.05) is 55.8 Å². The molecule has 0 aliphatic carbocycles. The number of nitrogens with two attached hydrogens (primary N) is 1. The van der Waals surface area contributed by atoms with E-state index in [1.807, 2.05) is 12.1 Å². The summed E-state index contributed by atoms with van der Waals surface area (Å²) in [4.78, 5) is 14.6. The first-order valence-corrected chi connectivity index (χ1v) is 12.4. The Labute approximate surface area is 226 Å². The fourth-order valence-corrected chi connectivity index (χ4v) is 4.45. The monoisotopic (exact) mass is 558 g/mol. The molecule has 2 heterocycles. The molecule has 5 rings (SSSR count). The van der Waals surface area contributed by atoms with Gasteiger partial charge in [-0.3, -0.25) is 10.00 Å². The summed E-state index contributed by atoms with van der Waals surface area (Å²) in [5, 5.41) is 12.6. The number of hydrogen-bond acceptors (Lipinski definition) is 6. The lowest BCUT2D eigenvalue weighted by Gasteiger charge is -2.26. The summed E-state index contributed by atoms with van der Waals surface area (Å²) in [5.74, 6) is -0.489. The number of nitrogens with one attached hydrogen (secondary N) is 3. The zero-order valence-electron chi connectivity index (χ0n) is 21.1. The van der Waals surface area contributed by atoms with Gasteiger partial charge < -0.3 is 25.8 Å². The average Bonchev–Trinajstić information content (AvgIpc) is 3.32. The smallest absolute Gasteiger partial charge is 0.419 e. The molecule has 5 N–H and O–H groups in total. The molecule has 9 nitrogen and oxygen atoms in total. The number of urea groups is 1. The van der Waals surface area contributed by atoms with Crippen molar-refractivity contribution in [3.63, 3.8) is 0 Å². The molecule has 13 heteroatoms. The maximum absolute atomic E-state index is 13.5. The minimum Gasteiger partial charge on any atom is -0.490 e. The van der Waals surface area contributed by atoms with E-state index in [4.69, 9.17) is 15.2 Å². The van der Waals surface area contributed by atoms with Crippen LogP contribution in [0.4, 0.5) is 39.5 Å². The third kappa shape index (κ3) is 6.10. The van der Waals surface area contributed by atoms with Gasteiger partial charge >= 0.3 is 12.2 Å². The number of anilines is 3. The van der Waals surface area contributed by atoms with Crippen molar-refractivity contribution in [2.45, 2.75) is 6.18 Å². The minimum absolute atomic E-state index is 0.201. The van der Waals surface area contributed by atoms with Crippen LogP contribution in [0, 0.1) is 5.82 Å². The van der Waals surface area contributed by atoms with E-state index in [9.17, 15) is 22.4 Å². The number of morpholine rings is 1. The summed E-state index contributed by atoms with van der Waals surface area (Å²) in [6.07, 6.45) is -4.88. The molecule has 0 saturated carbocycles. The number of aromatic amines is 1. The van der Waals surface area contributed by atoms with Gasteiger partial charge in [-0.05, 0) is 53.6 Å². The van der Waals surface area contributed by atoms with Gasteiger partial charge in [0.2, 0.25) is 0 Å². The maximum Gasteiger partial charge on any atom is 0.419 e. The fraction of sp³-hybridized carbons (Fsp3) is 0.259. The molecule has 3 aromatic carbocycles. The number of carbonyl (C=O) groups excluding carboxylic acids is 1. The van der Waals surface area contributed by atoms with Crippen LogP contribution >= 0.6 is 0 Å². The number of rotatable bonds is 7. The van der Waals surface area contributed by atoms with Crippen LogP contribution in [0.1, 0.15) is 5.56 Å². The number of H-pyrrole nitrogens is 1. The number of fused-ring (bicyclic) bond motifs is 1. The van der Waals surface area contributed by atoms with Crippen molar-refractivity contribution in [1.29, 1.82) is 0 Å². The molecule has 1 fully saturated rings. The van der Waals surface area contributed by atoms with Crippen molar-refractivity contribution < 1.29 is 31.8 Å². The van der Waals surface area contributed by atoms with Gasteiger partial charge in [-0.2, -0.15) is 18.3 Å². The van der Waals surface area contributed by atoms with E-state index >= 15 is 0 Å². The predicted octanol–water partition coefficient (Wildman–Crippen LogP) is 5.33. The largest absolute Gasteiger partial charge is 0.490 e. The summed E-state index contributed by atoms with van der Waals surface area (Å²) in [6, 6.07) is 11.9. The number of ether oxygens (including phenoxy) is 2. The first-order chi connectivity index (χ1) is 19.2. The number of carbonyl (C=O) groups is 1. The van der Waals surface area contributed by atoms with Gasteiger partial charge in [0.05, 0.1) is 24.2 Å². The van der Waals surface area contributed by atoms with Crippen LogP contribution in [-0.4, -0.2) is 60.6 Å². The molecule has 210 valence electrons. The van der Waals surface area contributed by atoms with E-state index < -0.39 is 23.6 Å². The van der Waals surface area contributed by atoms with E-state index in [0.717, 1.165) is 36.8 Å². The van der Waals surface area contributed by atoms with Crippen LogP contribution in [0.3, 0.4) is 0 Å². The van der Waals surface area contributed by atoms with Crippen LogP contribution < -0.4 is 21.1 Å². The Kier molecular flexibility index (Phi) is 7.76. The van der Waals surface area contributed by atoms with Gasteiger partial charge in [-0.15, -0.1) is 0 Å². The third-order valence-corrected chi connectivity index (χ3v) is 6.46. The second kappa shape index (κ2) is 11.4. The normalized spacial score (nSPS) is 14.3. The van der Waals surface area contributed by atoms with Crippen LogP contribution in [0.5, 0.6) is 5.75 Å². The van der Waals surface area contributed by atoms with Gasteiger partial charge in [-0.1, -0.05) is 12.1 Å². The highest BCUT2D eigenvalue weighted by Gasteiger charge is 2.34. The van der Waals surface area contributed by atoms with Crippen molar-refractivity contribution in [3.8, 4) is 16.9 Å². The summed E-state index contributed by atoms with van der Waals surface area (Å²) in [5.41, 5.74) is 7.13. The number of nitrogen functional groups attached to an aromatic ring is 1. The van der Waals surface area contributed by atoms with Gasteiger partial charge in [0.15, 0.2) is 5.82 Å². The van der Waals surface area contributed by atoms with Gasteiger partial charge in [-0.25, -0.2) is 9.18 Å². The molecule has 1 aliphatic rings. The summed E-state index contributed by atoms with van der Waals surface area (Å²) in [7, 11) is 0. The number of nitrogens with zero attached hydrogens (tertiary/aromatic N) is 2. The molecular weight excluding hydrogens is 532 g/mol. The van der Waals surface area contributed by atoms with E-state index in [1.165, 1.54) is 0 Å². The second-order valence-corrected chi connectivity index (χ2v) is 9.12. The third-order valence-electron chi connectivity index (χ3n) is 6.46. The summed E-state index contributed by atoms with van der Waals surface area (Å²) in [6.45, 7) is 4.42. The Morgan fingerprint density at radius 2 is 1.75 bits per heavy atom. The molecule has 2 amide bonds. The van der Waals surface area contributed by atoms with Gasteiger partial charge in [0.25, 0.3) is 0 Å². The van der Waals surface area contributed by atoms with Crippen LogP contribution in [0.15, 0.2) is 54.6 Å². The first kappa shape index (κ1) is 27.2. The Balaban J connectivity index is 1.26. The zero-order chi connectivity index (χ0) is 28.3. The summed E-state index contributed by atoms with van der Waals surface area (Å²) < 4.78 is 63.7. The Morgan fingerprint density at radius 3 is 2.48 bits per heavy atom. The zero-order valence-corrected chi connectivity index (χ0v) is 21.1. The SMILES string of the molecule is Nc1n[nH]c2c(OCCN3CCOCC3)ccc(-c3ccc(NC(=O)Nc4ccc(F)c(C(F)(F)F)c4)cc3)c12. The molecule has 1 aromatic heterocycles. The topological polar surface area (TPSA) is 118 Å². The molecule has 1 aliphatic heterocycles. The highest BCUT2D eigenvalue weighted by molar-refractivity contribution is 6.04.